The summed E-state index contributed by atoms with van der Waals surface area (Å²) in [7, 11) is 0. The number of halogens is 3. The van der Waals surface area contributed by atoms with Crippen LogP contribution in [0.2, 0.25) is 0 Å². The van der Waals surface area contributed by atoms with Gasteiger partial charge in [-0.2, -0.15) is 0 Å². The number of benzene rings is 1. The fourth-order valence-electron chi connectivity index (χ4n) is 4.65. The van der Waals surface area contributed by atoms with Crippen LogP contribution in [0.4, 0.5) is 8.78 Å². The first kappa shape index (κ1) is 24.1. The van der Waals surface area contributed by atoms with E-state index in [0.717, 1.165) is 55.8 Å². The van der Waals surface area contributed by atoms with Gasteiger partial charge in [0.1, 0.15) is 12.2 Å². The molecule has 31 heavy (non-hydrogen) atoms. The Morgan fingerprint density at radius 2 is 1.29 bits per heavy atom. The molecule has 1 aromatic carbocycles. The van der Waals surface area contributed by atoms with Crippen molar-refractivity contribution in [1.29, 1.82) is 0 Å². The molecule has 4 nitrogen and oxygen atoms in total. The van der Waals surface area contributed by atoms with E-state index < -0.39 is 24.3 Å². The first-order valence-electron chi connectivity index (χ1n) is 11.2. The lowest BCUT2D eigenvalue weighted by molar-refractivity contribution is -0.156. The average molecular weight is 501 g/mol. The second-order valence-electron chi connectivity index (χ2n) is 8.83. The van der Waals surface area contributed by atoms with Crippen LogP contribution in [-0.4, -0.2) is 36.5 Å². The molecule has 2 fully saturated rings. The highest BCUT2D eigenvalue weighted by Crippen LogP contribution is 2.40. The Kier molecular flexibility index (Phi) is 8.48. The Morgan fingerprint density at radius 1 is 0.839 bits per heavy atom. The molecular formula is C24H31BrF2O4. The Balaban J connectivity index is 1.52. The molecule has 0 bridgehead atoms. The van der Waals surface area contributed by atoms with Crippen molar-refractivity contribution < 1.29 is 27.8 Å². The Hall–Kier alpha value is -1.50. The number of carbonyl (C=O) groups excluding carboxylic acids is 2. The van der Waals surface area contributed by atoms with Crippen LogP contribution in [0.3, 0.4) is 0 Å². The molecular weight excluding hydrogens is 470 g/mol. The van der Waals surface area contributed by atoms with Crippen LogP contribution >= 0.6 is 15.9 Å². The zero-order chi connectivity index (χ0) is 22.5. The third kappa shape index (κ3) is 6.50. The lowest BCUT2D eigenvalue weighted by Crippen LogP contribution is -2.27. The van der Waals surface area contributed by atoms with Crippen LogP contribution in [0.5, 0.6) is 0 Å². The van der Waals surface area contributed by atoms with Gasteiger partial charge in [-0.15, -0.1) is 0 Å². The van der Waals surface area contributed by atoms with Gasteiger partial charge in [0.05, 0.1) is 0 Å². The molecule has 0 aliphatic heterocycles. The van der Waals surface area contributed by atoms with Crippen molar-refractivity contribution in [2.75, 3.05) is 0 Å². The summed E-state index contributed by atoms with van der Waals surface area (Å²) in [5, 5.41) is 0. The van der Waals surface area contributed by atoms with Crippen LogP contribution < -0.4 is 0 Å². The molecule has 2 atom stereocenters. The maximum atomic E-state index is 13.0. The number of ether oxygens (including phenoxy) is 2. The van der Waals surface area contributed by atoms with Crippen LogP contribution in [0, 0.1) is 0 Å². The van der Waals surface area contributed by atoms with E-state index in [1.165, 1.54) is 25.0 Å². The first-order valence-corrected chi connectivity index (χ1v) is 12.0. The van der Waals surface area contributed by atoms with E-state index in [-0.39, 0.29) is 12.2 Å². The number of hydrogen-bond donors (Lipinski definition) is 0. The summed E-state index contributed by atoms with van der Waals surface area (Å²) in [6.07, 6.45) is 3.10. The van der Waals surface area contributed by atoms with Crippen molar-refractivity contribution in [2.45, 2.75) is 102 Å². The molecule has 0 unspecified atom stereocenters. The summed E-state index contributed by atoms with van der Waals surface area (Å²) < 4.78 is 37.6. The SMILES string of the molecule is C[C@H](F)C(=O)O[C@H]1CC[C@H](c2ccc([C@H]3CC[C@H](OC(=O)[C@H](C)F)CC3)c(Br)c2)CC1. The standard InChI is InChI=1S/C24H31BrF2O4/c1-14(26)23(28)30-19-8-3-16(4-9-19)18-7-12-21(22(25)13-18)17-5-10-20(11-6-17)31-24(29)15(2)27/h7,12-17,19-20H,3-6,8-11H2,1-2H3/t14-,15-,16-,17-,19-,20-/m0/s1. The highest BCUT2D eigenvalue weighted by Gasteiger charge is 2.29. The third-order valence-electron chi connectivity index (χ3n) is 6.50. The fourth-order valence-corrected chi connectivity index (χ4v) is 5.37. The first-order chi connectivity index (χ1) is 14.7. The number of esters is 2. The van der Waals surface area contributed by atoms with E-state index in [1.54, 1.807) is 0 Å². The molecule has 2 aliphatic carbocycles. The second-order valence-corrected chi connectivity index (χ2v) is 9.69. The van der Waals surface area contributed by atoms with Crippen LogP contribution in [0.15, 0.2) is 22.7 Å². The summed E-state index contributed by atoms with van der Waals surface area (Å²) in [6.45, 7) is 2.41. The summed E-state index contributed by atoms with van der Waals surface area (Å²) >= 11 is 3.74. The monoisotopic (exact) mass is 500 g/mol. The molecule has 0 amide bonds. The van der Waals surface area contributed by atoms with E-state index in [1.807, 2.05) is 0 Å². The van der Waals surface area contributed by atoms with E-state index >= 15 is 0 Å². The van der Waals surface area contributed by atoms with Gasteiger partial charge in [0.2, 0.25) is 0 Å². The van der Waals surface area contributed by atoms with Gasteiger partial charge in [-0.3, -0.25) is 0 Å². The van der Waals surface area contributed by atoms with E-state index in [4.69, 9.17) is 9.47 Å². The number of hydrogen-bond acceptors (Lipinski definition) is 4. The molecule has 1 aromatic rings. The zero-order valence-corrected chi connectivity index (χ0v) is 19.7. The molecule has 0 N–H and O–H groups in total. The van der Waals surface area contributed by atoms with Gasteiger partial charge in [0, 0.05) is 4.47 Å². The smallest absolute Gasteiger partial charge is 0.340 e. The van der Waals surface area contributed by atoms with Gasteiger partial charge in [-0.25, -0.2) is 18.4 Å². The minimum absolute atomic E-state index is 0.186. The van der Waals surface area contributed by atoms with E-state index in [9.17, 15) is 18.4 Å². The normalized spacial score (nSPS) is 28.4. The third-order valence-corrected chi connectivity index (χ3v) is 7.19. The quantitative estimate of drug-likeness (QED) is 0.429. The molecule has 172 valence electrons. The van der Waals surface area contributed by atoms with Crippen molar-refractivity contribution >= 4 is 27.9 Å². The molecule has 0 spiro atoms. The van der Waals surface area contributed by atoms with Crippen molar-refractivity contribution in [3.05, 3.63) is 33.8 Å². The maximum absolute atomic E-state index is 13.0. The summed E-state index contributed by atoms with van der Waals surface area (Å²) in [4.78, 5) is 22.9. The minimum atomic E-state index is -1.58. The van der Waals surface area contributed by atoms with Gasteiger partial charge < -0.3 is 9.47 Å². The summed E-state index contributed by atoms with van der Waals surface area (Å²) in [5.74, 6) is -0.739. The van der Waals surface area contributed by atoms with Crippen molar-refractivity contribution in [3.63, 3.8) is 0 Å². The van der Waals surface area contributed by atoms with Crippen molar-refractivity contribution in [2.24, 2.45) is 0 Å². The highest BCUT2D eigenvalue weighted by molar-refractivity contribution is 9.10. The number of alkyl halides is 2. The molecule has 7 heteroatoms. The summed E-state index contributed by atoms with van der Waals surface area (Å²) in [5.41, 5.74) is 2.52. The highest BCUT2D eigenvalue weighted by atomic mass is 79.9. The van der Waals surface area contributed by atoms with Crippen molar-refractivity contribution in [3.8, 4) is 0 Å². The van der Waals surface area contributed by atoms with Crippen LogP contribution in [-0.2, 0) is 19.1 Å². The van der Waals surface area contributed by atoms with Gasteiger partial charge in [-0.05, 0) is 94.2 Å². The zero-order valence-electron chi connectivity index (χ0n) is 18.1. The van der Waals surface area contributed by atoms with Gasteiger partial charge >= 0.3 is 11.9 Å². The second kappa shape index (κ2) is 10.9. The largest absolute Gasteiger partial charge is 0.460 e. The Bertz CT molecular complexity index is 767. The fraction of sp³-hybridized carbons (Fsp3) is 0.667. The molecule has 0 aromatic heterocycles. The molecule has 0 heterocycles. The van der Waals surface area contributed by atoms with Crippen molar-refractivity contribution in [1.82, 2.24) is 0 Å². The number of carbonyl (C=O) groups is 2. The molecule has 2 aliphatic rings. The predicted molar refractivity (Wildman–Crippen MR) is 117 cm³/mol. The average Bonchev–Trinajstić information content (AvgIpc) is 2.74. The lowest BCUT2D eigenvalue weighted by Gasteiger charge is -2.31. The number of rotatable bonds is 6. The van der Waals surface area contributed by atoms with Crippen LogP contribution in [0.1, 0.15) is 88.2 Å². The van der Waals surface area contributed by atoms with Gasteiger partial charge in [0.25, 0.3) is 0 Å². The van der Waals surface area contributed by atoms with Gasteiger partial charge in [0.15, 0.2) is 12.3 Å². The molecule has 0 saturated heterocycles. The van der Waals surface area contributed by atoms with E-state index in [0.29, 0.717) is 11.8 Å². The lowest BCUT2D eigenvalue weighted by atomic mass is 9.80. The van der Waals surface area contributed by atoms with Crippen LogP contribution in [0.25, 0.3) is 0 Å². The molecule has 0 radical (unpaired) electrons. The Labute approximate surface area is 191 Å². The van der Waals surface area contributed by atoms with Gasteiger partial charge in [-0.1, -0.05) is 28.1 Å². The maximum Gasteiger partial charge on any atom is 0.340 e. The van der Waals surface area contributed by atoms with E-state index in [2.05, 4.69) is 34.1 Å². The predicted octanol–water partition coefficient (Wildman–Crippen LogP) is 6.30. The Morgan fingerprint density at radius 3 is 1.71 bits per heavy atom. The summed E-state index contributed by atoms with van der Waals surface area (Å²) in [6, 6.07) is 6.54. The minimum Gasteiger partial charge on any atom is -0.460 e. The topological polar surface area (TPSA) is 52.6 Å². The molecule has 2 saturated carbocycles. The molecule has 3 rings (SSSR count).